The maximum atomic E-state index is 15.3. The number of nitrogens with two attached hydrogens (primary N) is 1. The minimum atomic E-state index is -1.59. The van der Waals surface area contributed by atoms with Crippen molar-refractivity contribution in [1.82, 2.24) is 4.90 Å². The van der Waals surface area contributed by atoms with E-state index in [1.54, 1.807) is 24.9 Å². The lowest BCUT2D eigenvalue weighted by Crippen LogP contribution is -2.75. The van der Waals surface area contributed by atoms with Gasteiger partial charge in [-0.2, -0.15) is 5.26 Å². The van der Waals surface area contributed by atoms with Crippen molar-refractivity contribution in [2.75, 3.05) is 14.2 Å². The summed E-state index contributed by atoms with van der Waals surface area (Å²) in [4.78, 5) is 43.5. The smallest absolute Gasteiger partial charge is 0.333 e. The SMILES string of the molecule is COC(=O)/C(C)=C\CC12OC(C)(C)C3CC(C1=O)C1C(C#N)=C(N)N(C)C4=C1C32Oc1c(CC=C(C)C)c2c3c(c14)OC(=O)CC3=CC(C)(CCC=C(C)C)O2. The first kappa shape index (κ1) is 37.8. The number of methoxy groups -OCH3 is 1. The second-order valence-corrected chi connectivity index (χ2v) is 17.7. The Morgan fingerprint density at radius 1 is 1.04 bits per heavy atom. The number of ether oxygens (including phenoxy) is 5. The molecule has 5 aliphatic heterocycles. The van der Waals surface area contributed by atoms with Crippen molar-refractivity contribution in [2.24, 2.45) is 23.5 Å². The van der Waals surface area contributed by atoms with Crippen molar-refractivity contribution in [3.8, 4) is 23.3 Å². The van der Waals surface area contributed by atoms with Crippen LogP contribution in [0, 0.1) is 29.1 Å². The molecule has 2 N–H and O–H groups in total. The summed E-state index contributed by atoms with van der Waals surface area (Å²) in [6.07, 6.45) is 10.4. The van der Waals surface area contributed by atoms with Gasteiger partial charge in [-0.15, -0.1) is 0 Å². The van der Waals surface area contributed by atoms with Gasteiger partial charge in [-0.3, -0.25) is 9.59 Å². The first-order valence-electron chi connectivity index (χ1n) is 19.5. The zero-order valence-electron chi connectivity index (χ0n) is 34.0. The molecule has 5 heterocycles. The van der Waals surface area contributed by atoms with Gasteiger partial charge in [-0.25, -0.2) is 4.79 Å². The van der Waals surface area contributed by atoms with Crippen LogP contribution >= 0.6 is 0 Å². The fraction of sp³-hybridized carbons (Fsp3) is 0.511. The highest BCUT2D eigenvalue weighted by Crippen LogP contribution is 2.74. The van der Waals surface area contributed by atoms with E-state index in [2.05, 4.69) is 38.1 Å². The number of allylic oxidation sites excluding steroid dienone is 5. The number of rotatable bonds is 8. The fourth-order valence-electron chi connectivity index (χ4n) is 10.8. The van der Waals surface area contributed by atoms with E-state index in [1.165, 1.54) is 12.7 Å². The van der Waals surface area contributed by atoms with Gasteiger partial charge in [0.15, 0.2) is 22.7 Å². The standard InChI is InChI=1S/C45H51N3O8/c1-22(2)12-11-16-43(8)20-25-18-30(49)53-38-31(25)36(54-43)26(14-13-23(3)4)37-33(38)35-34-32(28(21-46)40(47)48(35)9)27-19-29-42(6,7)56-44(39(27)50,45(29,34)55-37)17-15-24(5)41(51)52-10/h12-13,15,20,27,29,32H,11,14,16-19,47H2,1-10H3/b24-15-. The molecule has 1 spiro atoms. The van der Waals surface area contributed by atoms with Crippen LogP contribution in [0.4, 0.5) is 0 Å². The molecule has 0 amide bonds. The van der Waals surface area contributed by atoms with Gasteiger partial charge in [-0.1, -0.05) is 29.4 Å². The van der Waals surface area contributed by atoms with Gasteiger partial charge >= 0.3 is 11.9 Å². The maximum Gasteiger partial charge on any atom is 0.333 e. The molecule has 56 heavy (non-hydrogen) atoms. The van der Waals surface area contributed by atoms with E-state index in [0.717, 1.165) is 23.1 Å². The van der Waals surface area contributed by atoms with Crippen LogP contribution in [0.15, 0.2) is 58.0 Å². The lowest BCUT2D eigenvalue weighted by atomic mass is 9.44. The van der Waals surface area contributed by atoms with E-state index in [-0.39, 0.29) is 30.4 Å². The van der Waals surface area contributed by atoms with Gasteiger partial charge in [0.05, 0.1) is 47.6 Å². The quantitative estimate of drug-likeness (QED) is 0.124. The van der Waals surface area contributed by atoms with Crippen molar-refractivity contribution in [3.05, 3.63) is 74.7 Å². The first-order valence-corrected chi connectivity index (χ1v) is 19.5. The van der Waals surface area contributed by atoms with Gasteiger partial charge in [-0.05, 0) is 92.7 Å². The van der Waals surface area contributed by atoms with E-state index < -0.39 is 46.2 Å². The Bertz CT molecular complexity index is 2270. The van der Waals surface area contributed by atoms with Gasteiger partial charge in [0, 0.05) is 47.9 Å². The average Bonchev–Trinajstić information content (AvgIpc) is 3.27. The number of fused-ring (bicyclic) bond motifs is 3. The predicted molar refractivity (Wildman–Crippen MR) is 209 cm³/mol. The molecule has 11 heteroatoms. The predicted octanol–water partition coefficient (Wildman–Crippen LogP) is 7.16. The normalized spacial score (nSPS) is 31.2. The number of hydrogen-bond acceptors (Lipinski definition) is 11. The summed E-state index contributed by atoms with van der Waals surface area (Å²) >= 11 is 0. The molecule has 9 rings (SSSR count). The number of hydrogen-bond donors (Lipinski definition) is 1. The minimum absolute atomic E-state index is 0.0226. The van der Waals surface area contributed by atoms with E-state index in [1.807, 2.05) is 34.6 Å². The number of nitriles is 1. The number of benzene rings is 1. The highest BCUT2D eigenvalue weighted by molar-refractivity contribution is 6.04. The van der Waals surface area contributed by atoms with Crippen molar-refractivity contribution in [2.45, 2.75) is 116 Å². The molecule has 6 unspecified atom stereocenters. The average molecular weight is 762 g/mol. The molecule has 4 bridgehead atoms. The summed E-state index contributed by atoms with van der Waals surface area (Å²) in [6.45, 7) is 15.9. The van der Waals surface area contributed by atoms with Crippen LogP contribution in [0.1, 0.15) is 104 Å². The molecule has 1 aromatic rings. The third-order valence-corrected chi connectivity index (χ3v) is 13.1. The van der Waals surface area contributed by atoms with Gasteiger partial charge in [0.2, 0.25) is 0 Å². The highest BCUT2D eigenvalue weighted by Gasteiger charge is 2.84. The Balaban J connectivity index is 1.48. The number of ketones is 1. The van der Waals surface area contributed by atoms with Crippen molar-refractivity contribution < 1.29 is 38.1 Å². The minimum Gasteiger partial charge on any atom is -0.482 e. The third kappa shape index (κ3) is 4.93. The molecule has 3 saturated carbocycles. The second kappa shape index (κ2) is 12.5. The summed E-state index contributed by atoms with van der Waals surface area (Å²) in [7, 11) is 3.12. The molecule has 11 nitrogen and oxygen atoms in total. The summed E-state index contributed by atoms with van der Waals surface area (Å²) in [5, 5.41) is 10.7. The fourth-order valence-corrected chi connectivity index (χ4v) is 10.8. The molecular weight excluding hydrogens is 711 g/mol. The van der Waals surface area contributed by atoms with E-state index in [9.17, 15) is 14.9 Å². The lowest BCUT2D eigenvalue weighted by molar-refractivity contribution is -0.181. The van der Waals surface area contributed by atoms with Crippen molar-refractivity contribution in [3.63, 3.8) is 0 Å². The Morgan fingerprint density at radius 2 is 1.73 bits per heavy atom. The molecule has 4 fully saturated rings. The Labute approximate surface area is 328 Å². The zero-order valence-corrected chi connectivity index (χ0v) is 34.0. The zero-order chi connectivity index (χ0) is 40.4. The molecule has 294 valence electrons. The van der Waals surface area contributed by atoms with Crippen LogP contribution in [0.2, 0.25) is 0 Å². The van der Waals surface area contributed by atoms with Crippen molar-refractivity contribution in [1.29, 1.82) is 5.26 Å². The Hall–Kier alpha value is -5.08. The summed E-state index contributed by atoms with van der Waals surface area (Å²) in [5.74, 6) is -1.29. The number of carbonyl (C=O) groups excluding carboxylic acids is 3. The number of carbonyl (C=O) groups is 3. The summed E-state index contributed by atoms with van der Waals surface area (Å²) in [5.41, 5.74) is 9.33. The molecule has 1 saturated heterocycles. The first-order chi connectivity index (χ1) is 26.4. The molecule has 6 atom stereocenters. The van der Waals surface area contributed by atoms with Crippen LogP contribution < -0.4 is 19.9 Å². The number of nitrogens with zero attached hydrogens (tertiary/aromatic N) is 2. The van der Waals surface area contributed by atoms with Crippen LogP contribution in [-0.4, -0.2) is 59.2 Å². The van der Waals surface area contributed by atoms with Gasteiger partial charge in [0.25, 0.3) is 0 Å². The lowest BCUT2D eigenvalue weighted by Gasteiger charge is -2.63. The molecule has 0 aromatic heterocycles. The van der Waals surface area contributed by atoms with E-state index in [0.29, 0.717) is 70.1 Å². The second-order valence-electron chi connectivity index (χ2n) is 17.7. The Morgan fingerprint density at radius 3 is 2.39 bits per heavy atom. The van der Waals surface area contributed by atoms with Crippen LogP contribution in [0.3, 0.4) is 0 Å². The van der Waals surface area contributed by atoms with Crippen LogP contribution in [0.25, 0.3) is 11.3 Å². The monoisotopic (exact) mass is 761 g/mol. The van der Waals surface area contributed by atoms with Gasteiger partial charge in [0.1, 0.15) is 22.9 Å². The maximum absolute atomic E-state index is 15.3. The van der Waals surface area contributed by atoms with Crippen LogP contribution in [0.5, 0.6) is 17.2 Å². The summed E-state index contributed by atoms with van der Waals surface area (Å²) < 4.78 is 33.2. The largest absolute Gasteiger partial charge is 0.482 e. The van der Waals surface area contributed by atoms with E-state index >= 15 is 4.79 Å². The molecular formula is C45H51N3O8. The van der Waals surface area contributed by atoms with Gasteiger partial charge < -0.3 is 34.3 Å². The molecule has 3 aliphatic carbocycles. The highest BCUT2D eigenvalue weighted by atomic mass is 16.6. The molecule has 1 aromatic carbocycles. The topological polar surface area (TPSA) is 150 Å². The number of esters is 2. The summed E-state index contributed by atoms with van der Waals surface area (Å²) in [6, 6.07) is 2.37. The Kier molecular flexibility index (Phi) is 8.42. The third-order valence-electron chi connectivity index (χ3n) is 13.1. The van der Waals surface area contributed by atoms with E-state index in [4.69, 9.17) is 29.4 Å². The van der Waals surface area contributed by atoms with Crippen LogP contribution in [-0.2, 0) is 30.3 Å². The molecule has 8 aliphatic rings. The number of Topliss-reactive ketones (excluding diaryl/α,β-unsaturated/α-hetero) is 1. The molecule has 0 radical (unpaired) electrons. The van der Waals surface area contributed by atoms with Crippen molar-refractivity contribution >= 4 is 29.0 Å².